The van der Waals surface area contributed by atoms with Crippen molar-refractivity contribution in [2.24, 2.45) is 10.1 Å². The first-order valence-electron chi connectivity index (χ1n) is 11.1. The highest BCUT2D eigenvalue weighted by molar-refractivity contribution is 6.04. The monoisotopic (exact) mass is 431 g/mol. The third-order valence-corrected chi connectivity index (χ3v) is 5.77. The van der Waals surface area contributed by atoms with Crippen LogP contribution in [0.25, 0.3) is 0 Å². The first-order chi connectivity index (χ1) is 16.3. The van der Waals surface area contributed by atoms with Gasteiger partial charge in [0.1, 0.15) is 5.75 Å². The molecule has 4 aromatic rings. The van der Waals surface area contributed by atoms with Crippen LogP contribution in [0.3, 0.4) is 0 Å². The van der Waals surface area contributed by atoms with Crippen LogP contribution < -0.4 is 9.75 Å². The number of hydrogen-bond donors (Lipinski definition) is 0. The van der Waals surface area contributed by atoms with E-state index in [9.17, 15) is 0 Å². The van der Waals surface area contributed by atoms with Gasteiger partial charge in [-0.2, -0.15) is 5.10 Å². The van der Waals surface area contributed by atoms with Crippen molar-refractivity contribution in [2.75, 3.05) is 12.1 Å². The van der Waals surface area contributed by atoms with Crippen LogP contribution >= 0.6 is 0 Å². The van der Waals surface area contributed by atoms with E-state index in [0.717, 1.165) is 40.4 Å². The van der Waals surface area contributed by atoms with Crippen LogP contribution in [0.2, 0.25) is 0 Å². The minimum absolute atomic E-state index is 0.162. The summed E-state index contributed by atoms with van der Waals surface area (Å²) in [5.74, 6) is 0.837. The lowest BCUT2D eigenvalue weighted by atomic mass is 9.98. The van der Waals surface area contributed by atoms with Gasteiger partial charge in [-0.05, 0) is 65.2 Å². The third-order valence-electron chi connectivity index (χ3n) is 5.77. The van der Waals surface area contributed by atoms with Crippen molar-refractivity contribution in [1.29, 1.82) is 0 Å². The largest absolute Gasteiger partial charge is 0.497 e. The number of nitrogens with zero attached hydrogens (tertiary/aromatic N) is 3. The number of rotatable bonds is 6. The van der Waals surface area contributed by atoms with Gasteiger partial charge in [-0.25, -0.2) is 0 Å². The summed E-state index contributed by atoms with van der Waals surface area (Å²) in [6.45, 7) is 0. The van der Waals surface area contributed by atoms with Gasteiger partial charge < -0.3 is 4.74 Å². The highest BCUT2D eigenvalue weighted by Crippen LogP contribution is 2.36. The lowest BCUT2D eigenvalue weighted by Gasteiger charge is -2.23. The van der Waals surface area contributed by atoms with E-state index in [1.54, 1.807) is 7.11 Å². The summed E-state index contributed by atoms with van der Waals surface area (Å²) in [7, 11) is 1.67. The second-order valence-electron chi connectivity index (χ2n) is 7.94. The molecule has 33 heavy (non-hydrogen) atoms. The van der Waals surface area contributed by atoms with Crippen molar-refractivity contribution < 1.29 is 4.74 Å². The summed E-state index contributed by atoms with van der Waals surface area (Å²) < 4.78 is 5.22. The van der Waals surface area contributed by atoms with Crippen LogP contribution in [0, 0.1) is 0 Å². The maximum absolute atomic E-state index is 5.22. The standard InChI is InChI=1S/C29H25N3O/c1-33-27-17-15-22(16-18-27)21-30-25-12-8-11-24(19-25)28-20-29(23-9-4-2-5-10-23)32(31-28)26-13-6-3-7-14-26/h2-19,21,29H,20H2,1H3. The molecule has 0 N–H and O–H groups in total. The van der Waals surface area contributed by atoms with Crippen LogP contribution in [0.1, 0.15) is 29.2 Å². The molecule has 0 aromatic heterocycles. The number of methoxy groups -OCH3 is 1. The van der Waals surface area contributed by atoms with Gasteiger partial charge in [-0.15, -0.1) is 0 Å². The molecule has 1 unspecified atom stereocenters. The Bertz CT molecular complexity index is 1270. The van der Waals surface area contributed by atoms with Crippen molar-refractivity contribution in [3.05, 3.63) is 126 Å². The highest BCUT2D eigenvalue weighted by Gasteiger charge is 2.29. The topological polar surface area (TPSA) is 37.2 Å². The second-order valence-corrected chi connectivity index (χ2v) is 7.94. The Kier molecular flexibility index (Phi) is 5.98. The highest BCUT2D eigenvalue weighted by atomic mass is 16.5. The number of ether oxygens (including phenoxy) is 1. The molecule has 0 aliphatic carbocycles. The van der Waals surface area contributed by atoms with Crippen molar-refractivity contribution in [3.8, 4) is 5.75 Å². The fraction of sp³-hybridized carbons (Fsp3) is 0.103. The molecule has 0 spiro atoms. The number of hydrogen-bond acceptors (Lipinski definition) is 4. The van der Waals surface area contributed by atoms with Crippen LogP contribution in [-0.2, 0) is 0 Å². The molecule has 1 atom stereocenters. The van der Waals surface area contributed by atoms with Gasteiger partial charge in [0.2, 0.25) is 0 Å². The smallest absolute Gasteiger partial charge is 0.118 e. The molecule has 0 fully saturated rings. The SMILES string of the molecule is COc1ccc(C=Nc2cccc(C3=NN(c4ccccc4)C(c4ccccc4)C3)c2)cc1. The molecule has 5 rings (SSSR count). The molecule has 0 bridgehead atoms. The fourth-order valence-electron chi connectivity index (χ4n) is 4.04. The fourth-order valence-corrected chi connectivity index (χ4v) is 4.04. The number of aliphatic imine (C=N–C) groups is 1. The zero-order chi connectivity index (χ0) is 22.5. The third kappa shape index (κ3) is 4.70. The predicted octanol–water partition coefficient (Wildman–Crippen LogP) is 6.80. The van der Waals surface area contributed by atoms with Gasteiger partial charge in [-0.1, -0.05) is 60.7 Å². The average molecular weight is 432 g/mol. The molecule has 0 saturated carbocycles. The summed E-state index contributed by atoms with van der Waals surface area (Å²) in [5.41, 5.74) is 6.44. The van der Waals surface area contributed by atoms with Gasteiger partial charge in [-0.3, -0.25) is 10.0 Å². The first kappa shape index (κ1) is 20.7. The Hall–Kier alpha value is -4.18. The molecular weight excluding hydrogens is 406 g/mol. The van der Waals surface area contributed by atoms with Gasteiger partial charge in [0.25, 0.3) is 0 Å². The minimum atomic E-state index is 0.162. The zero-order valence-electron chi connectivity index (χ0n) is 18.5. The Labute approximate surface area is 194 Å². The quantitative estimate of drug-likeness (QED) is 0.315. The molecule has 0 radical (unpaired) electrons. The Morgan fingerprint density at radius 3 is 2.30 bits per heavy atom. The van der Waals surface area contributed by atoms with Crippen LogP contribution in [0.4, 0.5) is 11.4 Å². The maximum atomic E-state index is 5.22. The van der Waals surface area contributed by atoms with E-state index in [0.29, 0.717) is 0 Å². The molecule has 1 aliphatic heterocycles. The van der Waals surface area contributed by atoms with Crippen molar-refractivity contribution in [3.63, 3.8) is 0 Å². The number of anilines is 1. The van der Waals surface area contributed by atoms with E-state index >= 15 is 0 Å². The number of para-hydroxylation sites is 1. The van der Waals surface area contributed by atoms with E-state index in [4.69, 9.17) is 9.84 Å². The maximum Gasteiger partial charge on any atom is 0.118 e. The van der Waals surface area contributed by atoms with Crippen LogP contribution in [0.15, 0.2) is 119 Å². The summed E-state index contributed by atoms with van der Waals surface area (Å²) in [6, 6.07) is 37.2. The van der Waals surface area contributed by atoms with Crippen molar-refractivity contribution in [1.82, 2.24) is 0 Å². The van der Waals surface area contributed by atoms with Gasteiger partial charge in [0, 0.05) is 12.6 Å². The minimum Gasteiger partial charge on any atom is -0.497 e. The molecule has 0 amide bonds. The molecule has 1 heterocycles. The number of hydrazone groups is 1. The summed E-state index contributed by atoms with van der Waals surface area (Å²) in [5, 5.41) is 7.19. The van der Waals surface area contributed by atoms with E-state index in [1.165, 1.54) is 5.56 Å². The van der Waals surface area contributed by atoms with E-state index in [1.807, 2.05) is 48.7 Å². The number of benzene rings is 4. The van der Waals surface area contributed by atoms with E-state index in [2.05, 4.69) is 76.7 Å². The molecule has 4 heteroatoms. The zero-order valence-corrected chi connectivity index (χ0v) is 18.5. The van der Waals surface area contributed by atoms with E-state index in [-0.39, 0.29) is 6.04 Å². The Morgan fingerprint density at radius 1 is 0.848 bits per heavy atom. The average Bonchev–Trinajstić information content (AvgIpc) is 3.35. The molecule has 162 valence electrons. The lowest BCUT2D eigenvalue weighted by molar-refractivity contribution is 0.415. The molecular formula is C29H25N3O. The van der Waals surface area contributed by atoms with Gasteiger partial charge in [0.05, 0.1) is 30.2 Å². The first-order valence-corrected chi connectivity index (χ1v) is 11.1. The Balaban J connectivity index is 1.43. The predicted molar refractivity (Wildman–Crippen MR) is 136 cm³/mol. The van der Waals surface area contributed by atoms with Gasteiger partial charge in [0.15, 0.2) is 0 Å². The van der Waals surface area contributed by atoms with Gasteiger partial charge >= 0.3 is 0 Å². The van der Waals surface area contributed by atoms with Crippen molar-refractivity contribution in [2.45, 2.75) is 12.5 Å². The van der Waals surface area contributed by atoms with Crippen LogP contribution in [0.5, 0.6) is 5.75 Å². The normalized spacial score (nSPS) is 15.6. The second kappa shape index (κ2) is 9.53. The van der Waals surface area contributed by atoms with E-state index < -0.39 is 0 Å². The lowest BCUT2D eigenvalue weighted by Crippen LogP contribution is -2.18. The molecule has 4 aromatic carbocycles. The Morgan fingerprint density at radius 2 is 1.58 bits per heavy atom. The summed E-state index contributed by atoms with van der Waals surface area (Å²) in [6.07, 6.45) is 2.71. The van der Waals surface area contributed by atoms with Crippen molar-refractivity contribution >= 4 is 23.3 Å². The summed E-state index contributed by atoms with van der Waals surface area (Å²) in [4.78, 5) is 4.68. The summed E-state index contributed by atoms with van der Waals surface area (Å²) >= 11 is 0. The molecule has 1 aliphatic rings. The van der Waals surface area contributed by atoms with Crippen LogP contribution in [-0.4, -0.2) is 19.0 Å². The molecule has 0 saturated heterocycles. The molecule has 4 nitrogen and oxygen atoms in total.